The molecule has 0 saturated heterocycles. The Kier molecular flexibility index (Phi) is 2.22. The van der Waals surface area contributed by atoms with Crippen LogP contribution in [0.1, 0.15) is 5.82 Å². The summed E-state index contributed by atoms with van der Waals surface area (Å²) in [5, 5.41) is 0. The Morgan fingerprint density at radius 2 is 1.88 bits per heavy atom. The number of aromatic amines is 1. The number of aromatic nitrogens is 4. The van der Waals surface area contributed by atoms with Crippen LogP contribution in [-0.4, -0.2) is 19.5 Å². The van der Waals surface area contributed by atoms with E-state index in [0.717, 1.165) is 11.0 Å². The van der Waals surface area contributed by atoms with Gasteiger partial charge in [-0.25, -0.2) is 14.8 Å². The second kappa shape index (κ2) is 3.86. The summed E-state index contributed by atoms with van der Waals surface area (Å²) in [4.78, 5) is 22.8. The zero-order valence-corrected chi connectivity index (χ0v) is 9.00. The van der Waals surface area contributed by atoms with Gasteiger partial charge < -0.3 is 4.98 Å². The third-order valence-electron chi connectivity index (χ3n) is 2.60. The van der Waals surface area contributed by atoms with Gasteiger partial charge in [-0.15, -0.1) is 0 Å². The lowest BCUT2D eigenvalue weighted by Crippen LogP contribution is -2.18. The number of imidazole rings is 1. The zero-order valence-electron chi connectivity index (χ0n) is 9.00. The van der Waals surface area contributed by atoms with Crippen molar-refractivity contribution >= 4 is 11.0 Å². The molecule has 0 aliphatic carbocycles. The van der Waals surface area contributed by atoms with E-state index >= 15 is 0 Å². The van der Waals surface area contributed by atoms with Crippen LogP contribution in [0.2, 0.25) is 0 Å². The van der Waals surface area contributed by atoms with E-state index in [4.69, 9.17) is 0 Å². The summed E-state index contributed by atoms with van der Waals surface area (Å²) in [6.07, 6.45) is 3.34. The summed E-state index contributed by atoms with van der Waals surface area (Å²) in [6.45, 7) is 0.379. The molecule has 5 heteroatoms. The number of nitrogens with zero attached hydrogens (tertiary/aromatic N) is 3. The van der Waals surface area contributed by atoms with Crippen molar-refractivity contribution in [2.75, 3.05) is 0 Å². The van der Waals surface area contributed by atoms with Crippen LogP contribution in [0.15, 0.2) is 47.5 Å². The molecule has 0 aliphatic heterocycles. The Balaban J connectivity index is 2.12. The molecule has 0 unspecified atom stereocenters. The highest BCUT2D eigenvalue weighted by molar-refractivity contribution is 5.74. The van der Waals surface area contributed by atoms with Crippen LogP contribution in [-0.2, 0) is 6.54 Å². The van der Waals surface area contributed by atoms with E-state index in [0.29, 0.717) is 12.4 Å². The second-order valence-corrected chi connectivity index (χ2v) is 3.70. The van der Waals surface area contributed by atoms with Gasteiger partial charge in [0.1, 0.15) is 5.82 Å². The molecule has 17 heavy (non-hydrogen) atoms. The van der Waals surface area contributed by atoms with Gasteiger partial charge in [-0.2, -0.15) is 0 Å². The molecule has 0 fully saturated rings. The topological polar surface area (TPSA) is 63.6 Å². The van der Waals surface area contributed by atoms with E-state index in [1.165, 1.54) is 0 Å². The molecule has 0 aliphatic rings. The lowest BCUT2D eigenvalue weighted by Gasteiger charge is -2.01. The standard InChI is InChI=1S/C12H10N4O/c17-12-15-9-4-1-2-5-10(9)16(12)8-11-13-6-3-7-14-11/h1-7H,8H2,(H,15,17). The molecule has 3 rings (SSSR count). The molecule has 0 spiro atoms. The van der Waals surface area contributed by atoms with Gasteiger partial charge in [0.05, 0.1) is 17.6 Å². The maximum absolute atomic E-state index is 11.8. The fourth-order valence-corrected chi connectivity index (χ4v) is 1.82. The zero-order chi connectivity index (χ0) is 11.7. The van der Waals surface area contributed by atoms with Gasteiger partial charge in [0.15, 0.2) is 0 Å². The van der Waals surface area contributed by atoms with Gasteiger partial charge in [-0.1, -0.05) is 12.1 Å². The highest BCUT2D eigenvalue weighted by Crippen LogP contribution is 2.09. The largest absolute Gasteiger partial charge is 0.326 e. The molecule has 2 heterocycles. The predicted molar refractivity (Wildman–Crippen MR) is 63.7 cm³/mol. The van der Waals surface area contributed by atoms with Gasteiger partial charge >= 0.3 is 5.69 Å². The summed E-state index contributed by atoms with van der Waals surface area (Å²) in [6, 6.07) is 9.32. The van der Waals surface area contributed by atoms with E-state index in [2.05, 4.69) is 15.0 Å². The van der Waals surface area contributed by atoms with E-state index in [-0.39, 0.29) is 5.69 Å². The molecule has 3 aromatic rings. The molecular formula is C12H10N4O. The van der Waals surface area contributed by atoms with Crippen molar-refractivity contribution in [1.29, 1.82) is 0 Å². The average Bonchev–Trinajstić information content (AvgIpc) is 2.68. The van der Waals surface area contributed by atoms with Crippen LogP contribution in [0.4, 0.5) is 0 Å². The van der Waals surface area contributed by atoms with Crippen LogP contribution >= 0.6 is 0 Å². The minimum absolute atomic E-state index is 0.140. The maximum atomic E-state index is 11.8. The predicted octanol–water partition coefficient (Wildman–Crippen LogP) is 1.17. The molecule has 5 nitrogen and oxygen atoms in total. The third-order valence-corrected chi connectivity index (χ3v) is 2.60. The molecule has 2 aromatic heterocycles. The number of benzene rings is 1. The van der Waals surface area contributed by atoms with E-state index in [1.54, 1.807) is 23.0 Å². The van der Waals surface area contributed by atoms with Crippen LogP contribution in [0.25, 0.3) is 11.0 Å². The Hall–Kier alpha value is -2.43. The van der Waals surface area contributed by atoms with Crippen molar-refractivity contribution in [3.05, 3.63) is 59.0 Å². The number of para-hydroxylation sites is 2. The summed E-state index contributed by atoms with van der Waals surface area (Å²) in [5.74, 6) is 0.624. The number of nitrogens with one attached hydrogen (secondary N) is 1. The minimum atomic E-state index is -0.140. The van der Waals surface area contributed by atoms with E-state index < -0.39 is 0 Å². The molecular weight excluding hydrogens is 216 g/mol. The molecule has 0 bridgehead atoms. The Morgan fingerprint density at radius 1 is 1.12 bits per heavy atom. The first-order chi connectivity index (χ1) is 8.34. The number of rotatable bonds is 2. The van der Waals surface area contributed by atoms with Crippen molar-refractivity contribution in [3.63, 3.8) is 0 Å². The smallest absolute Gasteiger partial charge is 0.306 e. The molecule has 0 amide bonds. The van der Waals surface area contributed by atoms with Crippen LogP contribution in [0.3, 0.4) is 0 Å². The molecule has 0 atom stereocenters. The Morgan fingerprint density at radius 3 is 2.71 bits per heavy atom. The van der Waals surface area contributed by atoms with Crippen molar-refractivity contribution in [2.45, 2.75) is 6.54 Å². The Labute approximate surface area is 96.8 Å². The van der Waals surface area contributed by atoms with Crippen molar-refractivity contribution in [2.24, 2.45) is 0 Å². The van der Waals surface area contributed by atoms with Crippen molar-refractivity contribution in [1.82, 2.24) is 19.5 Å². The SMILES string of the molecule is O=c1[nH]c2ccccc2n1Cc1ncccn1. The van der Waals surface area contributed by atoms with Crippen molar-refractivity contribution in [3.8, 4) is 0 Å². The van der Waals surface area contributed by atoms with Gasteiger partial charge in [-0.3, -0.25) is 4.57 Å². The van der Waals surface area contributed by atoms with Gasteiger partial charge in [0.2, 0.25) is 0 Å². The number of hydrogen-bond acceptors (Lipinski definition) is 3. The van der Waals surface area contributed by atoms with Crippen LogP contribution < -0.4 is 5.69 Å². The normalized spacial score (nSPS) is 10.8. The maximum Gasteiger partial charge on any atom is 0.326 e. The quantitative estimate of drug-likeness (QED) is 0.713. The fourth-order valence-electron chi connectivity index (χ4n) is 1.82. The highest BCUT2D eigenvalue weighted by Gasteiger charge is 2.07. The van der Waals surface area contributed by atoms with Crippen LogP contribution in [0, 0.1) is 0 Å². The summed E-state index contributed by atoms with van der Waals surface area (Å²) in [7, 11) is 0. The van der Waals surface area contributed by atoms with Gasteiger partial charge in [-0.05, 0) is 18.2 Å². The highest BCUT2D eigenvalue weighted by atomic mass is 16.1. The number of fused-ring (bicyclic) bond motifs is 1. The molecule has 0 saturated carbocycles. The Bertz CT molecular complexity index is 699. The third kappa shape index (κ3) is 1.71. The first-order valence-electron chi connectivity index (χ1n) is 5.28. The lowest BCUT2D eigenvalue weighted by atomic mass is 10.3. The van der Waals surface area contributed by atoms with Crippen LogP contribution in [0.5, 0.6) is 0 Å². The monoisotopic (exact) mass is 226 g/mol. The summed E-state index contributed by atoms with van der Waals surface area (Å²) < 4.78 is 1.63. The fraction of sp³-hybridized carbons (Fsp3) is 0.0833. The number of H-pyrrole nitrogens is 1. The first-order valence-corrected chi connectivity index (χ1v) is 5.28. The minimum Gasteiger partial charge on any atom is -0.306 e. The summed E-state index contributed by atoms with van der Waals surface area (Å²) in [5.41, 5.74) is 1.55. The van der Waals surface area contributed by atoms with Gasteiger partial charge in [0.25, 0.3) is 0 Å². The molecule has 0 radical (unpaired) electrons. The molecule has 84 valence electrons. The van der Waals surface area contributed by atoms with Crippen molar-refractivity contribution < 1.29 is 0 Å². The summed E-state index contributed by atoms with van der Waals surface area (Å²) >= 11 is 0. The first kappa shape index (κ1) is 9.77. The molecule has 1 aromatic carbocycles. The number of hydrogen-bond donors (Lipinski definition) is 1. The molecule has 1 N–H and O–H groups in total. The lowest BCUT2D eigenvalue weighted by molar-refractivity contribution is 0.736. The second-order valence-electron chi connectivity index (χ2n) is 3.70. The average molecular weight is 226 g/mol. The van der Waals surface area contributed by atoms with Gasteiger partial charge in [0, 0.05) is 12.4 Å². The van der Waals surface area contributed by atoms with E-state index in [1.807, 2.05) is 24.3 Å². The van der Waals surface area contributed by atoms with E-state index in [9.17, 15) is 4.79 Å².